The molecule has 1 spiro atoms. The van der Waals surface area contributed by atoms with Crippen LogP contribution >= 0.6 is 0 Å². The number of pyridine rings is 1. The Balaban J connectivity index is 1.58. The van der Waals surface area contributed by atoms with Gasteiger partial charge in [0.15, 0.2) is 6.17 Å². The van der Waals surface area contributed by atoms with Gasteiger partial charge in [0.2, 0.25) is 0 Å². The molecule has 3 aliphatic carbocycles. The van der Waals surface area contributed by atoms with Gasteiger partial charge in [-0.2, -0.15) is 13.2 Å². The quantitative estimate of drug-likeness (QED) is 0.334. The van der Waals surface area contributed by atoms with Gasteiger partial charge in [-0.3, -0.25) is 4.98 Å². The fraction of sp³-hybridized carbons (Fsp3) is 0.469. The van der Waals surface area contributed by atoms with E-state index in [1.165, 1.54) is 24.3 Å². The minimum Gasteiger partial charge on any atom is -0.388 e. The predicted molar refractivity (Wildman–Crippen MR) is 139 cm³/mol. The van der Waals surface area contributed by atoms with Crippen LogP contribution in [-0.2, 0) is 12.6 Å². The highest BCUT2D eigenvalue weighted by atomic mass is 19.4. The molecular weight excluding hydrogens is 509 g/mol. The van der Waals surface area contributed by atoms with Gasteiger partial charge in [-0.05, 0) is 84.9 Å². The Hall–Kier alpha value is -2.80. The average Bonchev–Trinajstić information content (AvgIpc) is 3.60. The standard InChI is InChI=1S/C32H32F5NO/c33-23-13-9-19(10-14-23)26-27-24(17-31(18-25(27)39)15-3-4-16-31)38-30(21-5-1-2-6-21)28(26)29(34)20-7-11-22(12-8-20)32(35,36)37/h7-14,21,25,29,39H,1-6,15-18H2. The van der Waals surface area contributed by atoms with E-state index in [2.05, 4.69) is 0 Å². The Labute approximate surface area is 225 Å². The molecule has 0 bridgehead atoms. The van der Waals surface area contributed by atoms with Crippen LogP contribution in [0.2, 0.25) is 0 Å². The van der Waals surface area contributed by atoms with Crippen LogP contribution in [-0.4, -0.2) is 10.1 Å². The van der Waals surface area contributed by atoms with E-state index in [1.807, 2.05) is 0 Å². The first-order valence-corrected chi connectivity index (χ1v) is 14.0. The molecule has 39 heavy (non-hydrogen) atoms. The van der Waals surface area contributed by atoms with E-state index in [1.54, 1.807) is 12.1 Å². The number of halogens is 5. The van der Waals surface area contributed by atoms with Crippen molar-refractivity contribution in [1.29, 1.82) is 0 Å². The highest BCUT2D eigenvalue weighted by Gasteiger charge is 2.44. The van der Waals surface area contributed by atoms with Crippen LogP contribution in [0.1, 0.15) is 110 Å². The van der Waals surface area contributed by atoms with Gasteiger partial charge in [-0.25, -0.2) is 8.78 Å². The van der Waals surface area contributed by atoms with E-state index < -0.39 is 29.8 Å². The topological polar surface area (TPSA) is 33.1 Å². The molecule has 2 atom stereocenters. The number of aliphatic hydroxyl groups is 1. The number of alkyl halides is 4. The first-order chi connectivity index (χ1) is 18.7. The minimum atomic E-state index is -4.52. The van der Waals surface area contributed by atoms with E-state index in [0.29, 0.717) is 40.8 Å². The van der Waals surface area contributed by atoms with E-state index in [0.717, 1.165) is 69.2 Å². The number of nitrogens with zero attached hydrogens (tertiary/aromatic N) is 1. The van der Waals surface area contributed by atoms with Crippen molar-refractivity contribution >= 4 is 0 Å². The first kappa shape index (κ1) is 26.4. The van der Waals surface area contributed by atoms with Gasteiger partial charge in [-0.1, -0.05) is 49.9 Å². The van der Waals surface area contributed by atoms with Crippen LogP contribution in [0.3, 0.4) is 0 Å². The lowest BCUT2D eigenvalue weighted by Gasteiger charge is -2.39. The zero-order valence-electron chi connectivity index (χ0n) is 21.7. The van der Waals surface area contributed by atoms with Crippen LogP contribution < -0.4 is 0 Å². The van der Waals surface area contributed by atoms with Crippen molar-refractivity contribution in [2.75, 3.05) is 0 Å². The van der Waals surface area contributed by atoms with Crippen LogP contribution in [0.25, 0.3) is 11.1 Å². The van der Waals surface area contributed by atoms with Crippen molar-refractivity contribution in [3.8, 4) is 11.1 Å². The van der Waals surface area contributed by atoms with Crippen LogP contribution in [0.4, 0.5) is 22.0 Å². The van der Waals surface area contributed by atoms with Gasteiger partial charge in [0.05, 0.1) is 17.4 Å². The molecule has 3 aliphatic rings. The fourth-order valence-electron chi connectivity index (χ4n) is 7.32. The van der Waals surface area contributed by atoms with E-state index in [-0.39, 0.29) is 16.9 Å². The lowest BCUT2D eigenvalue weighted by atomic mass is 9.68. The van der Waals surface area contributed by atoms with Crippen molar-refractivity contribution in [2.24, 2.45) is 5.41 Å². The molecular formula is C32H32F5NO. The second-order valence-corrected chi connectivity index (χ2v) is 11.7. The van der Waals surface area contributed by atoms with Gasteiger partial charge in [0.1, 0.15) is 5.82 Å². The number of aliphatic hydroxyl groups excluding tert-OH is 1. The van der Waals surface area contributed by atoms with Crippen molar-refractivity contribution in [3.63, 3.8) is 0 Å². The number of hydrogen-bond donors (Lipinski definition) is 1. The third-order valence-corrected chi connectivity index (χ3v) is 9.21. The highest BCUT2D eigenvalue weighted by Crippen LogP contribution is 2.55. The Bertz CT molecular complexity index is 1340. The Morgan fingerprint density at radius 1 is 0.897 bits per heavy atom. The van der Waals surface area contributed by atoms with Gasteiger partial charge < -0.3 is 5.11 Å². The number of benzene rings is 2. The monoisotopic (exact) mass is 541 g/mol. The Kier molecular flexibility index (Phi) is 6.77. The summed E-state index contributed by atoms with van der Waals surface area (Å²) in [7, 11) is 0. The molecule has 1 N–H and O–H groups in total. The second kappa shape index (κ2) is 9.99. The predicted octanol–water partition coefficient (Wildman–Crippen LogP) is 9.16. The maximum atomic E-state index is 16.7. The largest absolute Gasteiger partial charge is 0.416 e. The molecule has 2 saturated carbocycles. The maximum Gasteiger partial charge on any atom is 0.416 e. The number of fused-ring (bicyclic) bond motifs is 1. The van der Waals surface area contributed by atoms with Crippen LogP contribution in [0.15, 0.2) is 48.5 Å². The molecule has 2 fully saturated rings. The van der Waals surface area contributed by atoms with Gasteiger partial charge in [-0.15, -0.1) is 0 Å². The molecule has 0 radical (unpaired) electrons. The summed E-state index contributed by atoms with van der Waals surface area (Å²) in [6.45, 7) is 0. The Morgan fingerprint density at radius 3 is 2.15 bits per heavy atom. The lowest BCUT2D eigenvalue weighted by molar-refractivity contribution is -0.137. The summed E-state index contributed by atoms with van der Waals surface area (Å²) in [4.78, 5) is 5.12. The molecule has 0 saturated heterocycles. The van der Waals surface area contributed by atoms with Crippen molar-refractivity contribution in [3.05, 3.63) is 88.0 Å². The molecule has 3 aromatic rings. The van der Waals surface area contributed by atoms with Gasteiger partial charge in [0.25, 0.3) is 0 Å². The molecule has 1 heterocycles. The molecule has 2 nitrogen and oxygen atoms in total. The molecule has 2 unspecified atom stereocenters. The number of hydrogen-bond acceptors (Lipinski definition) is 2. The van der Waals surface area contributed by atoms with Crippen molar-refractivity contribution < 1.29 is 27.1 Å². The molecule has 2 aromatic carbocycles. The summed E-state index contributed by atoms with van der Waals surface area (Å²) in [5.74, 6) is -0.403. The Morgan fingerprint density at radius 2 is 1.54 bits per heavy atom. The highest BCUT2D eigenvalue weighted by molar-refractivity contribution is 5.75. The van der Waals surface area contributed by atoms with E-state index in [9.17, 15) is 22.7 Å². The fourth-order valence-corrected chi connectivity index (χ4v) is 7.32. The van der Waals surface area contributed by atoms with Gasteiger partial charge >= 0.3 is 6.18 Å². The third kappa shape index (κ3) is 4.88. The summed E-state index contributed by atoms with van der Waals surface area (Å²) >= 11 is 0. The zero-order valence-corrected chi connectivity index (χ0v) is 21.7. The van der Waals surface area contributed by atoms with E-state index in [4.69, 9.17) is 4.98 Å². The summed E-state index contributed by atoms with van der Waals surface area (Å²) < 4.78 is 70.4. The van der Waals surface area contributed by atoms with Gasteiger partial charge in [0, 0.05) is 22.7 Å². The average molecular weight is 542 g/mol. The van der Waals surface area contributed by atoms with Crippen LogP contribution in [0.5, 0.6) is 0 Å². The maximum absolute atomic E-state index is 16.7. The summed E-state index contributed by atoms with van der Waals surface area (Å²) in [6.07, 6.45) is 2.13. The molecule has 0 aliphatic heterocycles. The normalized spacial score (nSPS) is 21.8. The minimum absolute atomic E-state index is 0.0174. The van der Waals surface area contributed by atoms with E-state index >= 15 is 4.39 Å². The smallest absolute Gasteiger partial charge is 0.388 e. The first-order valence-electron chi connectivity index (χ1n) is 14.0. The molecule has 206 valence electrons. The second-order valence-electron chi connectivity index (χ2n) is 11.7. The summed E-state index contributed by atoms with van der Waals surface area (Å²) in [6, 6.07) is 10.0. The van der Waals surface area contributed by atoms with Crippen molar-refractivity contribution in [1.82, 2.24) is 4.98 Å². The summed E-state index contributed by atoms with van der Waals surface area (Å²) in [5, 5.41) is 11.6. The third-order valence-electron chi connectivity index (χ3n) is 9.21. The molecule has 6 rings (SSSR count). The summed E-state index contributed by atoms with van der Waals surface area (Å²) in [5.41, 5.74) is 2.67. The van der Waals surface area contributed by atoms with Crippen molar-refractivity contribution in [2.45, 2.75) is 88.6 Å². The molecule has 0 amide bonds. The molecule has 7 heteroatoms. The SMILES string of the molecule is OC1CC2(CCCC2)Cc2nc(C3CCCC3)c(C(F)c3ccc(C(F)(F)F)cc3)c(-c3ccc(F)cc3)c21. The zero-order chi connectivity index (χ0) is 27.4. The lowest BCUT2D eigenvalue weighted by Crippen LogP contribution is -2.31. The number of aromatic nitrogens is 1. The van der Waals surface area contributed by atoms with Crippen LogP contribution in [0, 0.1) is 11.2 Å². The number of rotatable bonds is 4. The molecule has 1 aromatic heterocycles.